The monoisotopic (exact) mass is 324 g/mol. The van der Waals surface area contributed by atoms with Crippen LogP contribution < -0.4 is 5.32 Å². The van der Waals surface area contributed by atoms with Crippen LogP contribution in [0.15, 0.2) is 18.3 Å². The van der Waals surface area contributed by atoms with Crippen molar-refractivity contribution in [2.24, 2.45) is 5.92 Å². The predicted octanol–water partition coefficient (Wildman–Crippen LogP) is 1.92. The van der Waals surface area contributed by atoms with E-state index in [0.717, 1.165) is 52.4 Å². The molecule has 3 rings (SSSR count). The van der Waals surface area contributed by atoms with Crippen LogP contribution in [0.3, 0.4) is 0 Å². The van der Waals surface area contributed by atoms with Crippen LogP contribution in [0.5, 0.6) is 0 Å². The van der Waals surface area contributed by atoms with E-state index < -0.39 is 0 Å². The van der Waals surface area contributed by atoms with E-state index in [1.54, 1.807) is 18.3 Å². The van der Waals surface area contributed by atoms with Crippen molar-refractivity contribution in [1.29, 1.82) is 0 Å². The molecule has 0 bridgehead atoms. The lowest BCUT2D eigenvalue weighted by molar-refractivity contribution is 0.0314. The van der Waals surface area contributed by atoms with Crippen LogP contribution in [0.4, 0.5) is 10.5 Å². The molecule has 0 unspecified atom stereocenters. The number of hydrogen-bond donors (Lipinski definition) is 1. The number of urea groups is 1. The number of ether oxygens (including phenoxy) is 1. The SMILES string of the molecule is O=C(Nc1cccnc1Cl)N1CC[C@@H](CN2CCOCC2)C1. The molecule has 2 aliphatic rings. The number of aromatic nitrogens is 1. The van der Waals surface area contributed by atoms with E-state index in [0.29, 0.717) is 16.8 Å². The molecule has 6 nitrogen and oxygen atoms in total. The van der Waals surface area contributed by atoms with Gasteiger partial charge in [-0.2, -0.15) is 0 Å². The molecule has 3 heterocycles. The minimum absolute atomic E-state index is 0.0978. The summed E-state index contributed by atoms with van der Waals surface area (Å²) in [5.74, 6) is 0.535. The average molecular weight is 325 g/mol. The average Bonchev–Trinajstić information content (AvgIpc) is 2.99. The number of rotatable bonds is 3. The first-order chi connectivity index (χ1) is 10.7. The molecule has 1 aromatic heterocycles. The van der Waals surface area contributed by atoms with Crippen LogP contribution in [-0.2, 0) is 4.74 Å². The number of nitrogens with zero attached hydrogens (tertiary/aromatic N) is 3. The van der Waals surface area contributed by atoms with E-state index in [1.807, 2.05) is 4.90 Å². The molecule has 1 atom stereocenters. The lowest BCUT2D eigenvalue weighted by Crippen LogP contribution is -2.40. The van der Waals surface area contributed by atoms with E-state index in [2.05, 4.69) is 15.2 Å². The standard InChI is InChI=1S/C15H21ClN4O2/c16-14-13(2-1-4-17-14)18-15(21)20-5-3-12(11-20)10-19-6-8-22-9-7-19/h1-2,4,12H,3,5-11H2,(H,18,21)/t12-/m0/s1. The third-order valence-corrected chi connectivity index (χ3v) is 4.50. The smallest absolute Gasteiger partial charge is 0.321 e. The van der Waals surface area contributed by atoms with Gasteiger partial charge in [0.05, 0.1) is 18.9 Å². The van der Waals surface area contributed by atoms with Gasteiger partial charge < -0.3 is 15.0 Å². The molecule has 0 radical (unpaired) electrons. The highest BCUT2D eigenvalue weighted by atomic mass is 35.5. The zero-order valence-electron chi connectivity index (χ0n) is 12.5. The Morgan fingerprint density at radius 3 is 3.00 bits per heavy atom. The van der Waals surface area contributed by atoms with E-state index in [4.69, 9.17) is 16.3 Å². The van der Waals surface area contributed by atoms with Gasteiger partial charge in [0.2, 0.25) is 0 Å². The van der Waals surface area contributed by atoms with Gasteiger partial charge in [0.25, 0.3) is 0 Å². The molecule has 0 aromatic carbocycles. The number of anilines is 1. The Balaban J connectivity index is 1.49. The van der Waals surface area contributed by atoms with Gasteiger partial charge >= 0.3 is 6.03 Å². The summed E-state index contributed by atoms with van der Waals surface area (Å²) in [6, 6.07) is 3.42. The normalized spacial score (nSPS) is 22.8. The van der Waals surface area contributed by atoms with Gasteiger partial charge in [-0.25, -0.2) is 9.78 Å². The zero-order chi connectivity index (χ0) is 15.4. The van der Waals surface area contributed by atoms with Gasteiger partial charge in [-0.05, 0) is 24.5 Å². The van der Waals surface area contributed by atoms with Gasteiger partial charge in [0.1, 0.15) is 0 Å². The second-order valence-electron chi connectivity index (χ2n) is 5.79. The number of carbonyl (C=O) groups is 1. The van der Waals surface area contributed by atoms with Gasteiger partial charge in [0.15, 0.2) is 5.15 Å². The van der Waals surface area contributed by atoms with E-state index in [-0.39, 0.29) is 6.03 Å². The Morgan fingerprint density at radius 2 is 2.23 bits per heavy atom. The second kappa shape index (κ2) is 7.26. The summed E-state index contributed by atoms with van der Waals surface area (Å²) in [5, 5.41) is 3.15. The maximum absolute atomic E-state index is 12.3. The first kappa shape index (κ1) is 15.5. The number of carbonyl (C=O) groups excluding carboxylic acids is 1. The topological polar surface area (TPSA) is 57.7 Å². The molecule has 22 heavy (non-hydrogen) atoms. The van der Waals surface area contributed by atoms with Crippen molar-refractivity contribution >= 4 is 23.3 Å². The summed E-state index contributed by atoms with van der Waals surface area (Å²) in [4.78, 5) is 20.5. The summed E-state index contributed by atoms with van der Waals surface area (Å²) in [7, 11) is 0. The van der Waals surface area contributed by atoms with Crippen LogP contribution in [0, 0.1) is 5.92 Å². The Hall–Kier alpha value is -1.37. The van der Waals surface area contributed by atoms with Gasteiger partial charge in [-0.15, -0.1) is 0 Å². The van der Waals surface area contributed by atoms with Crippen LogP contribution in [0.25, 0.3) is 0 Å². The molecule has 0 saturated carbocycles. The number of likely N-dealkylation sites (tertiary alicyclic amines) is 1. The molecule has 120 valence electrons. The highest BCUT2D eigenvalue weighted by Gasteiger charge is 2.28. The summed E-state index contributed by atoms with van der Waals surface area (Å²) in [5.41, 5.74) is 0.561. The van der Waals surface area contributed by atoms with E-state index >= 15 is 0 Å². The molecular formula is C15H21ClN4O2. The largest absolute Gasteiger partial charge is 0.379 e. The fourth-order valence-electron chi connectivity index (χ4n) is 2.99. The van der Waals surface area contributed by atoms with Crippen LogP contribution in [-0.4, -0.2) is 66.8 Å². The summed E-state index contributed by atoms with van der Waals surface area (Å²) < 4.78 is 5.37. The Labute approximate surface area is 135 Å². The van der Waals surface area contributed by atoms with Crippen LogP contribution in [0.1, 0.15) is 6.42 Å². The van der Waals surface area contributed by atoms with Gasteiger partial charge in [-0.1, -0.05) is 11.6 Å². The summed E-state index contributed by atoms with van der Waals surface area (Å²) in [6.07, 6.45) is 2.65. The number of nitrogens with one attached hydrogen (secondary N) is 1. The first-order valence-corrected chi connectivity index (χ1v) is 8.07. The molecule has 7 heteroatoms. The van der Waals surface area contributed by atoms with Crippen molar-refractivity contribution in [3.05, 3.63) is 23.5 Å². The maximum Gasteiger partial charge on any atom is 0.321 e. The number of halogens is 1. The lowest BCUT2D eigenvalue weighted by Gasteiger charge is -2.29. The molecular weight excluding hydrogens is 304 g/mol. The van der Waals surface area contributed by atoms with Crippen molar-refractivity contribution < 1.29 is 9.53 Å². The van der Waals surface area contributed by atoms with Crippen molar-refractivity contribution in [2.75, 3.05) is 51.3 Å². The summed E-state index contributed by atoms with van der Waals surface area (Å²) in [6.45, 7) is 6.25. The predicted molar refractivity (Wildman–Crippen MR) is 85.2 cm³/mol. The molecule has 0 aliphatic carbocycles. The quantitative estimate of drug-likeness (QED) is 0.863. The first-order valence-electron chi connectivity index (χ1n) is 7.69. The molecule has 1 N–H and O–H groups in total. The maximum atomic E-state index is 12.3. The number of pyridine rings is 1. The Bertz CT molecular complexity index is 522. The molecule has 2 aliphatic heterocycles. The Morgan fingerprint density at radius 1 is 1.41 bits per heavy atom. The number of hydrogen-bond acceptors (Lipinski definition) is 4. The fourth-order valence-corrected chi connectivity index (χ4v) is 3.16. The number of morpholine rings is 1. The minimum atomic E-state index is -0.0978. The zero-order valence-corrected chi connectivity index (χ0v) is 13.3. The Kier molecular flexibility index (Phi) is 5.12. The van der Waals surface area contributed by atoms with Crippen LogP contribution in [0.2, 0.25) is 5.15 Å². The van der Waals surface area contributed by atoms with Crippen molar-refractivity contribution in [3.8, 4) is 0 Å². The third-order valence-electron chi connectivity index (χ3n) is 4.19. The number of amides is 2. The van der Waals surface area contributed by atoms with E-state index in [9.17, 15) is 4.79 Å². The molecule has 2 saturated heterocycles. The summed E-state index contributed by atoms with van der Waals surface area (Å²) >= 11 is 5.97. The third kappa shape index (κ3) is 3.88. The van der Waals surface area contributed by atoms with Gasteiger partial charge in [0, 0.05) is 38.9 Å². The highest BCUT2D eigenvalue weighted by Crippen LogP contribution is 2.21. The highest BCUT2D eigenvalue weighted by molar-refractivity contribution is 6.32. The molecule has 0 spiro atoms. The van der Waals surface area contributed by atoms with Crippen molar-refractivity contribution in [1.82, 2.24) is 14.8 Å². The van der Waals surface area contributed by atoms with E-state index in [1.165, 1.54) is 0 Å². The van der Waals surface area contributed by atoms with Crippen molar-refractivity contribution in [3.63, 3.8) is 0 Å². The lowest BCUT2D eigenvalue weighted by atomic mass is 10.1. The van der Waals surface area contributed by atoms with Gasteiger partial charge in [-0.3, -0.25) is 4.90 Å². The van der Waals surface area contributed by atoms with Crippen LogP contribution >= 0.6 is 11.6 Å². The minimum Gasteiger partial charge on any atom is -0.379 e. The molecule has 2 amide bonds. The van der Waals surface area contributed by atoms with Crippen molar-refractivity contribution in [2.45, 2.75) is 6.42 Å². The fraction of sp³-hybridized carbons (Fsp3) is 0.600. The molecule has 2 fully saturated rings. The molecule has 1 aromatic rings. The second-order valence-corrected chi connectivity index (χ2v) is 6.14.